The molecule has 3 N–H and O–H groups in total. The number of rotatable bonds is 4. The van der Waals surface area contributed by atoms with E-state index in [0.717, 1.165) is 5.56 Å². The Morgan fingerprint density at radius 2 is 2.20 bits per heavy atom. The zero-order chi connectivity index (χ0) is 14.2. The van der Waals surface area contributed by atoms with Crippen molar-refractivity contribution < 1.29 is 8.42 Å². The first-order chi connectivity index (χ1) is 9.58. The molecule has 6 nitrogen and oxygen atoms in total. The van der Waals surface area contributed by atoms with Crippen molar-refractivity contribution in [3.8, 4) is 0 Å². The van der Waals surface area contributed by atoms with Crippen LogP contribution in [0.2, 0.25) is 0 Å². The van der Waals surface area contributed by atoms with Crippen molar-refractivity contribution in [3.05, 3.63) is 46.8 Å². The van der Waals surface area contributed by atoms with Crippen LogP contribution >= 0.6 is 11.3 Å². The zero-order valence-electron chi connectivity index (χ0n) is 10.4. The fraction of sp³-hybridized carbons (Fsp3) is 0.0833. The molecule has 0 aromatic carbocycles. The minimum Gasteiger partial charge on any atom is -0.381 e. The van der Waals surface area contributed by atoms with Gasteiger partial charge in [0, 0.05) is 12.7 Å². The molecule has 0 bridgehead atoms. The number of nitrogens with one attached hydrogen (secondary N) is 1. The molecule has 104 valence electrons. The highest BCUT2D eigenvalue weighted by molar-refractivity contribution is 7.89. The van der Waals surface area contributed by atoms with Crippen LogP contribution in [0.1, 0.15) is 5.56 Å². The number of hydrogen-bond donors (Lipinski definition) is 2. The van der Waals surface area contributed by atoms with Gasteiger partial charge in [0.15, 0.2) is 10.8 Å². The number of thiophene rings is 1. The molecule has 0 unspecified atom stereocenters. The van der Waals surface area contributed by atoms with Crippen molar-refractivity contribution in [1.29, 1.82) is 0 Å². The molecule has 20 heavy (non-hydrogen) atoms. The van der Waals surface area contributed by atoms with Crippen LogP contribution in [0.15, 0.2) is 46.2 Å². The summed E-state index contributed by atoms with van der Waals surface area (Å²) < 4.78 is 28.7. The SMILES string of the molecule is Nc1nc2ccccn2c1S(=O)(=O)NCc1ccsc1. The van der Waals surface area contributed by atoms with Crippen molar-refractivity contribution in [2.24, 2.45) is 0 Å². The third-order valence-corrected chi connectivity index (χ3v) is 4.98. The molecule has 0 fully saturated rings. The van der Waals surface area contributed by atoms with Crippen molar-refractivity contribution in [3.63, 3.8) is 0 Å². The van der Waals surface area contributed by atoms with E-state index in [0.29, 0.717) is 5.65 Å². The van der Waals surface area contributed by atoms with Crippen LogP contribution in [0.4, 0.5) is 5.82 Å². The van der Waals surface area contributed by atoms with Crippen LogP contribution < -0.4 is 10.5 Å². The highest BCUT2D eigenvalue weighted by Gasteiger charge is 2.23. The van der Waals surface area contributed by atoms with Crippen molar-refractivity contribution in [2.75, 3.05) is 5.73 Å². The van der Waals surface area contributed by atoms with Gasteiger partial charge in [-0.1, -0.05) is 6.07 Å². The number of nitrogens with two attached hydrogens (primary N) is 1. The topological polar surface area (TPSA) is 89.5 Å². The normalized spacial score (nSPS) is 12.0. The van der Waals surface area contributed by atoms with E-state index in [4.69, 9.17) is 5.73 Å². The largest absolute Gasteiger partial charge is 0.381 e. The summed E-state index contributed by atoms with van der Waals surface area (Å²) in [5.74, 6) is -0.00554. The van der Waals surface area contributed by atoms with E-state index in [9.17, 15) is 8.42 Å². The average Bonchev–Trinajstić information content (AvgIpc) is 3.02. The number of aromatic nitrogens is 2. The highest BCUT2D eigenvalue weighted by atomic mass is 32.2. The van der Waals surface area contributed by atoms with Gasteiger partial charge < -0.3 is 5.73 Å². The Hall–Kier alpha value is -1.90. The third kappa shape index (κ3) is 2.28. The molecule has 0 saturated heterocycles. The van der Waals surface area contributed by atoms with E-state index in [1.165, 1.54) is 15.7 Å². The molecule has 0 aliphatic heterocycles. The van der Waals surface area contributed by atoms with Gasteiger partial charge in [-0.05, 0) is 34.5 Å². The molecule has 3 aromatic rings. The van der Waals surface area contributed by atoms with E-state index < -0.39 is 10.0 Å². The third-order valence-electron chi connectivity index (χ3n) is 2.81. The van der Waals surface area contributed by atoms with E-state index in [1.54, 1.807) is 24.4 Å². The number of sulfonamides is 1. The summed E-state index contributed by atoms with van der Waals surface area (Å²) in [6.45, 7) is 0.228. The predicted molar refractivity (Wildman–Crippen MR) is 77.9 cm³/mol. The fourth-order valence-electron chi connectivity index (χ4n) is 1.90. The second kappa shape index (κ2) is 4.89. The first-order valence-corrected chi connectivity index (χ1v) is 8.24. The van der Waals surface area contributed by atoms with Crippen molar-refractivity contribution in [2.45, 2.75) is 11.6 Å². The quantitative estimate of drug-likeness (QED) is 0.763. The molecular weight excluding hydrogens is 296 g/mol. The molecule has 0 spiro atoms. The molecule has 8 heteroatoms. The predicted octanol–water partition coefficient (Wildman–Crippen LogP) is 1.46. The number of imidazole rings is 1. The second-order valence-electron chi connectivity index (χ2n) is 4.19. The Bertz CT molecular complexity index is 838. The molecule has 0 atom stereocenters. The van der Waals surface area contributed by atoms with Gasteiger partial charge in [-0.3, -0.25) is 4.40 Å². The van der Waals surface area contributed by atoms with Crippen LogP contribution in [0.3, 0.4) is 0 Å². The van der Waals surface area contributed by atoms with E-state index in [-0.39, 0.29) is 17.4 Å². The number of nitrogen functional groups attached to an aromatic ring is 1. The van der Waals surface area contributed by atoms with E-state index in [2.05, 4.69) is 9.71 Å². The van der Waals surface area contributed by atoms with Gasteiger partial charge in [0.1, 0.15) is 5.65 Å². The highest BCUT2D eigenvalue weighted by Crippen LogP contribution is 2.20. The number of fused-ring (bicyclic) bond motifs is 1. The Balaban J connectivity index is 1.98. The van der Waals surface area contributed by atoms with Crippen LogP contribution in [-0.2, 0) is 16.6 Å². The van der Waals surface area contributed by atoms with Gasteiger partial charge in [0.2, 0.25) is 0 Å². The fourth-order valence-corrected chi connectivity index (χ4v) is 3.79. The lowest BCUT2D eigenvalue weighted by molar-refractivity contribution is 0.577. The summed E-state index contributed by atoms with van der Waals surface area (Å²) in [6.07, 6.45) is 1.62. The second-order valence-corrected chi connectivity index (χ2v) is 6.65. The molecule has 0 radical (unpaired) electrons. The molecular formula is C12H12N4O2S2. The minimum atomic E-state index is -3.72. The summed E-state index contributed by atoms with van der Waals surface area (Å²) in [5, 5.41) is 3.76. The van der Waals surface area contributed by atoms with Gasteiger partial charge >= 0.3 is 0 Å². The molecule has 0 aliphatic rings. The molecule has 3 aromatic heterocycles. The number of hydrogen-bond acceptors (Lipinski definition) is 5. The van der Waals surface area contributed by atoms with Gasteiger partial charge in [-0.25, -0.2) is 18.1 Å². The first-order valence-electron chi connectivity index (χ1n) is 5.81. The molecule has 0 saturated carbocycles. The number of pyridine rings is 1. The lowest BCUT2D eigenvalue weighted by Gasteiger charge is -2.06. The van der Waals surface area contributed by atoms with Crippen LogP contribution in [0.25, 0.3) is 5.65 Å². The molecule has 3 rings (SSSR count). The average molecular weight is 308 g/mol. The van der Waals surface area contributed by atoms with Gasteiger partial charge in [0.25, 0.3) is 10.0 Å². The maximum Gasteiger partial charge on any atom is 0.260 e. The van der Waals surface area contributed by atoms with Crippen LogP contribution in [0, 0.1) is 0 Å². The lowest BCUT2D eigenvalue weighted by atomic mass is 10.4. The molecule has 3 heterocycles. The Morgan fingerprint density at radius 1 is 1.35 bits per heavy atom. The molecule has 0 aliphatic carbocycles. The maximum absolute atomic E-state index is 12.4. The standard InChI is InChI=1S/C12H12N4O2S2/c13-11-12(16-5-2-1-3-10(16)15-11)20(17,18)14-7-9-4-6-19-8-9/h1-6,8,14H,7,13H2. The van der Waals surface area contributed by atoms with Crippen LogP contribution in [0.5, 0.6) is 0 Å². The maximum atomic E-state index is 12.4. The van der Waals surface area contributed by atoms with Crippen molar-refractivity contribution >= 4 is 32.8 Å². The van der Waals surface area contributed by atoms with Crippen molar-refractivity contribution in [1.82, 2.24) is 14.1 Å². The van der Waals surface area contributed by atoms with Gasteiger partial charge in [-0.2, -0.15) is 11.3 Å². The van der Waals surface area contributed by atoms with E-state index in [1.807, 2.05) is 16.8 Å². The summed E-state index contributed by atoms with van der Waals surface area (Å²) in [5.41, 5.74) is 7.15. The van der Waals surface area contributed by atoms with Gasteiger partial charge in [-0.15, -0.1) is 0 Å². The Morgan fingerprint density at radius 3 is 2.95 bits per heavy atom. The van der Waals surface area contributed by atoms with Gasteiger partial charge in [0.05, 0.1) is 0 Å². The minimum absolute atomic E-state index is 0.00554. The summed E-state index contributed by atoms with van der Waals surface area (Å²) in [6, 6.07) is 7.07. The summed E-state index contributed by atoms with van der Waals surface area (Å²) >= 11 is 1.52. The molecule has 0 amide bonds. The van der Waals surface area contributed by atoms with Crippen LogP contribution in [-0.4, -0.2) is 17.8 Å². The first kappa shape index (κ1) is 13.1. The summed E-state index contributed by atoms with van der Waals surface area (Å²) in [7, 11) is -3.72. The Kier molecular flexibility index (Phi) is 3.20. The summed E-state index contributed by atoms with van der Waals surface area (Å²) in [4.78, 5) is 4.05. The number of nitrogens with zero attached hydrogens (tertiary/aromatic N) is 2. The van der Waals surface area contributed by atoms with E-state index >= 15 is 0 Å². The monoisotopic (exact) mass is 308 g/mol. The number of anilines is 1. The Labute approximate surface area is 119 Å². The smallest absolute Gasteiger partial charge is 0.260 e. The zero-order valence-corrected chi connectivity index (χ0v) is 12.0. The lowest BCUT2D eigenvalue weighted by Crippen LogP contribution is -2.25.